The Hall–Kier alpha value is -2.89. The first-order valence-electron chi connectivity index (χ1n) is 11.4. The normalized spacial score (nSPS) is 19.7. The minimum Gasteiger partial charge on any atom is -0.487 e. The summed E-state index contributed by atoms with van der Waals surface area (Å²) in [6.07, 6.45) is 9.64. The van der Waals surface area contributed by atoms with Crippen molar-refractivity contribution in [3.63, 3.8) is 0 Å². The van der Waals surface area contributed by atoms with Crippen LogP contribution >= 0.6 is 11.6 Å². The van der Waals surface area contributed by atoms with Crippen molar-refractivity contribution in [1.29, 1.82) is 5.26 Å². The molecular formula is C24H29ClN6O2. The minimum absolute atomic E-state index is 0.0731. The van der Waals surface area contributed by atoms with Gasteiger partial charge in [0.25, 0.3) is 0 Å². The van der Waals surface area contributed by atoms with Gasteiger partial charge in [-0.15, -0.1) is 0 Å². The van der Waals surface area contributed by atoms with Crippen molar-refractivity contribution in [2.45, 2.75) is 44.1 Å². The molecule has 4 heterocycles. The SMILES string of the molecule is CN1CCC[C@H](Oc2cc(NC(=O)Cc3ccc(C4CCN(C#N)CC4)nc3)ncc2Cl)C1. The summed E-state index contributed by atoms with van der Waals surface area (Å²) in [7, 11) is 2.08. The molecule has 9 heteroatoms. The van der Waals surface area contributed by atoms with E-state index in [-0.39, 0.29) is 18.4 Å². The first kappa shape index (κ1) is 23.3. The maximum atomic E-state index is 12.6. The Kier molecular flexibility index (Phi) is 7.63. The predicted octanol–water partition coefficient (Wildman–Crippen LogP) is 3.44. The fraction of sp³-hybridized carbons (Fsp3) is 0.500. The zero-order chi connectivity index (χ0) is 23.2. The number of likely N-dealkylation sites (tertiary alicyclic amines) is 2. The molecule has 0 saturated carbocycles. The summed E-state index contributed by atoms with van der Waals surface area (Å²) >= 11 is 6.27. The smallest absolute Gasteiger partial charge is 0.230 e. The number of carbonyl (C=O) groups excluding carboxylic acids is 1. The highest BCUT2D eigenvalue weighted by Crippen LogP contribution is 2.29. The van der Waals surface area contributed by atoms with Gasteiger partial charge in [-0.2, -0.15) is 5.26 Å². The number of hydrogen-bond donors (Lipinski definition) is 1. The van der Waals surface area contributed by atoms with E-state index in [1.54, 1.807) is 17.2 Å². The van der Waals surface area contributed by atoms with Gasteiger partial charge in [-0.25, -0.2) is 4.98 Å². The highest BCUT2D eigenvalue weighted by atomic mass is 35.5. The highest BCUT2D eigenvalue weighted by molar-refractivity contribution is 6.32. The number of nitriles is 1. The largest absolute Gasteiger partial charge is 0.487 e. The van der Waals surface area contributed by atoms with Crippen LogP contribution in [0.4, 0.5) is 5.82 Å². The van der Waals surface area contributed by atoms with Gasteiger partial charge in [0.05, 0.1) is 12.6 Å². The molecule has 0 spiro atoms. The zero-order valence-electron chi connectivity index (χ0n) is 18.8. The van der Waals surface area contributed by atoms with Crippen LogP contribution < -0.4 is 10.1 Å². The molecule has 1 N–H and O–H groups in total. The van der Waals surface area contributed by atoms with E-state index < -0.39 is 0 Å². The van der Waals surface area contributed by atoms with Gasteiger partial charge in [0.1, 0.15) is 22.7 Å². The van der Waals surface area contributed by atoms with E-state index in [0.717, 1.165) is 63.1 Å². The molecule has 0 bridgehead atoms. The number of aromatic nitrogens is 2. The summed E-state index contributed by atoms with van der Waals surface area (Å²) in [5, 5.41) is 12.3. The zero-order valence-corrected chi connectivity index (χ0v) is 19.6. The Morgan fingerprint density at radius 1 is 1.24 bits per heavy atom. The maximum absolute atomic E-state index is 12.6. The number of nitrogens with zero attached hydrogens (tertiary/aromatic N) is 5. The van der Waals surface area contributed by atoms with Gasteiger partial charge in [0, 0.05) is 43.5 Å². The lowest BCUT2D eigenvalue weighted by Crippen LogP contribution is -2.38. The Balaban J connectivity index is 1.32. The van der Waals surface area contributed by atoms with Crippen molar-refractivity contribution in [3.8, 4) is 11.9 Å². The molecule has 2 aliphatic heterocycles. The van der Waals surface area contributed by atoms with Crippen LogP contribution in [0.15, 0.2) is 30.6 Å². The molecule has 2 aliphatic rings. The van der Waals surface area contributed by atoms with Crippen LogP contribution in [-0.4, -0.2) is 65.0 Å². The molecule has 1 amide bonds. The number of pyridine rings is 2. The van der Waals surface area contributed by atoms with Gasteiger partial charge < -0.3 is 19.9 Å². The molecule has 174 valence electrons. The quantitative estimate of drug-likeness (QED) is 0.649. The summed E-state index contributed by atoms with van der Waals surface area (Å²) in [5.74, 6) is 1.14. The molecule has 33 heavy (non-hydrogen) atoms. The third-order valence-electron chi connectivity index (χ3n) is 6.23. The fourth-order valence-electron chi connectivity index (χ4n) is 4.40. The second-order valence-corrected chi connectivity index (χ2v) is 9.23. The number of carbonyl (C=O) groups is 1. The van der Waals surface area contributed by atoms with Gasteiger partial charge in [0.2, 0.25) is 5.91 Å². The molecular weight excluding hydrogens is 440 g/mol. The number of hydrogen-bond acceptors (Lipinski definition) is 7. The van der Waals surface area contributed by atoms with E-state index in [2.05, 4.69) is 33.4 Å². The monoisotopic (exact) mass is 468 g/mol. The second kappa shape index (κ2) is 10.8. The van der Waals surface area contributed by atoms with Crippen molar-refractivity contribution < 1.29 is 9.53 Å². The van der Waals surface area contributed by atoms with Gasteiger partial charge in [-0.05, 0) is 50.9 Å². The lowest BCUT2D eigenvalue weighted by atomic mass is 9.93. The van der Waals surface area contributed by atoms with Crippen molar-refractivity contribution in [2.75, 3.05) is 38.5 Å². The predicted molar refractivity (Wildman–Crippen MR) is 126 cm³/mol. The standard InChI is InChI=1S/C24H29ClN6O2/c1-30-8-2-3-19(15-30)33-22-12-23(28-14-20(22)25)29-24(32)11-17-4-5-21(27-13-17)18-6-9-31(16-26)10-7-18/h4-5,12-14,18-19H,2-3,6-11,15H2,1H3,(H,28,29,32)/t19-/m0/s1. The van der Waals surface area contributed by atoms with Crippen LogP contribution in [0.3, 0.4) is 0 Å². The summed E-state index contributed by atoms with van der Waals surface area (Å²) in [5.41, 5.74) is 1.85. The highest BCUT2D eigenvalue weighted by Gasteiger charge is 2.22. The maximum Gasteiger partial charge on any atom is 0.230 e. The number of rotatable bonds is 6. The van der Waals surface area contributed by atoms with Gasteiger partial charge in [-0.3, -0.25) is 9.78 Å². The summed E-state index contributed by atoms with van der Waals surface area (Å²) in [4.78, 5) is 25.4. The number of nitrogens with one attached hydrogen (secondary N) is 1. The molecule has 8 nitrogen and oxygen atoms in total. The van der Waals surface area contributed by atoms with E-state index in [1.807, 2.05) is 12.1 Å². The average Bonchev–Trinajstić information content (AvgIpc) is 2.82. The van der Waals surface area contributed by atoms with E-state index in [1.165, 1.54) is 6.20 Å². The number of anilines is 1. The van der Waals surface area contributed by atoms with Crippen LogP contribution in [0.5, 0.6) is 5.75 Å². The summed E-state index contributed by atoms with van der Waals surface area (Å²) in [6.45, 7) is 3.46. The number of halogens is 1. The minimum atomic E-state index is -0.176. The topological polar surface area (TPSA) is 94.4 Å². The van der Waals surface area contributed by atoms with E-state index >= 15 is 0 Å². The molecule has 0 aliphatic carbocycles. The summed E-state index contributed by atoms with van der Waals surface area (Å²) in [6, 6.07) is 5.62. The van der Waals surface area contributed by atoms with E-state index in [0.29, 0.717) is 22.5 Å². The molecule has 0 aromatic carbocycles. The van der Waals surface area contributed by atoms with Crippen molar-refractivity contribution in [2.24, 2.45) is 0 Å². The van der Waals surface area contributed by atoms with Crippen LogP contribution in [0, 0.1) is 11.5 Å². The number of amides is 1. The number of piperidine rings is 2. The Labute approximate surface area is 199 Å². The molecule has 2 fully saturated rings. The fourth-order valence-corrected chi connectivity index (χ4v) is 4.55. The first-order chi connectivity index (χ1) is 16.0. The summed E-state index contributed by atoms with van der Waals surface area (Å²) < 4.78 is 6.09. The third-order valence-corrected chi connectivity index (χ3v) is 6.51. The van der Waals surface area contributed by atoms with Crippen molar-refractivity contribution >= 4 is 23.3 Å². The molecule has 1 atom stereocenters. The lowest BCUT2D eigenvalue weighted by Gasteiger charge is -2.30. The number of ether oxygens (including phenoxy) is 1. The van der Waals surface area contributed by atoms with Crippen LogP contribution in [0.1, 0.15) is 42.9 Å². The molecule has 0 radical (unpaired) electrons. The average molecular weight is 469 g/mol. The molecule has 4 rings (SSSR count). The Morgan fingerprint density at radius 2 is 2.06 bits per heavy atom. The Bertz CT molecular complexity index is 1000. The van der Waals surface area contributed by atoms with Crippen LogP contribution in [0.25, 0.3) is 0 Å². The van der Waals surface area contributed by atoms with E-state index in [9.17, 15) is 4.79 Å². The van der Waals surface area contributed by atoms with Crippen molar-refractivity contribution in [1.82, 2.24) is 19.8 Å². The van der Waals surface area contributed by atoms with Crippen LogP contribution in [-0.2, 0) is 11.2 Å². The Morgan fingerprint density at radius 3 is 2.76 bits per heavy atom. The lowest BCUT2D eigenvalue weighted by molar-refractivity contribution is -0.115. The van der Waals surface area contributed by atoms with E-state index in [4.69, 9.17) is 21.6 Å². The van der Waals surface area contributed by atoms with Gasteiger partial charge in [-0.1, -0.05) is 17.7 Å². The molecule has 2 aromatic rings. The molecule has 0 unspecified atom stereocenters. The molecule has 2 aromatic heterocycles. The van der Waals surface area contributed by atoms with Gasteiger partial charge >= 0.3 is 0 Å². The molecule has 2 saturated heterocycles. The third kappa shape index (κ3) is 6.34. The van der Waals surface area contributed by atoms with Gasteiger partial charge in [0.15, 0.2) is 6.19 Å². The second-order valence-electron chi connectivity index (χ2n) is 8.82. The van der Waals surface area contributed by atoms with Crippen LogP contribution in [0.2, 0.25) is 5.02 Å². The first-order valence-corrected chi connectivity index (χ1v) is 11.8. The number of likely N-dealkylation sites (N-methyl/N-ethyl adjacent to an activating group) is 1. The van der Waals surface area contributed by atoms with Crippen molar-refractivity contribution in [3.05, 3.63) is 46.9 Å².